The van der Waals surface area contributed by atoms with E-state index in [0.29, 0.717) is 6.42 Å². The molecule has 1 aromatic rings. The van der Waals surface area contributed by atoms with Gasteiger partial charge < -0.3 is 4.74 Å². The van der Waals surface area contributed by atoms with Gasteiger partial charge in [-0.25, -0.2) is 5.84 Å². The third-order valence-electron chi connectivity index (χ3n) is 2.65. The summed E-state index contributed by atoms with van der Waals surface area (Å²) in [5.41, 5.74) is 3.26. The zero-order valence-corrected chi connectivity index (χ0v) is 9.69. The zero-order chi connectivity index (χ0) is 12.0. The minimum Gasteiger partial charge on any atom is -0.497 e. The van der Waals surface area contributed by atoms with Crippen molar-refractivity contribution in [3.8, 4) is 5.75 Å². The van der Waals surface area contributed by atoms with Crippen LogP contribution in [0.2, 0.25) is 0 Å². The van der Waals surface area contributed by atoms with Gasteiger partial charge in [0.1, 0.15) is 5.75 Å². The van der Waals surface area contributed by atoms with Crippen molar-refractivity contribution in [1.82, 2.24) is 5.43 Å². The molecule has 1 amide bonds. The van der Waals surface area contributed by atoms with Crippen LogP contribution >= 0.6 is 0 Å². The van der Waals surface area contributed by atoms with Crippen molar-refractivity contribution in [3.63, 3.8) is 0 Å². The highest BCUT2D eigenvalue weighted by Crippen LogP contribution is 2.26. The van der Waals surface area contributed by atoms with Crippen LogP contribution in [0.3, 0.4) is 0 Å². The number of nitrogens with one attached hydrogen (secondary N) is 1. The summed E-state index contributed by atoms with van der Waals surface area (Å²) in [6, 6.07) is 7.77. The fourth-order valence-corrected chi connectivity index (χ4v) is 1.68. The smallest absolute Gasteiger partial charge is 0.234 e. The van der Waals surface area contributed by atoms with Crippen LogP contribution in [-0.4, -0.2) is 13.0 Å². The molecule has 1 unspecified atom stereocenters. The minimum absolute atomic E-state index is 0.144. The highest BCUT2D eigenvalue weighted by molar-refractivity contribution is 5.76. The number of hydrazine groups is 1. The summed E-state index contributed by atoms with van der Waals surface area (Å²) in [7, 11) is 1.63. The van der Waals surface area contributed by atoms with Crippen molar-refractivity contribution in [2.45, 2.75) is 25.7 Å². The molecule has 1 aromatic carbocycles. The first kappa shape index (κ1) is 12.5. The fraction of sp³-hybridized carbons (Fsp3) is 0.417. The first-order valence-corrected chi connectivity index (χ1v) is 5.34. The fourth-order valence-electron chi connectivity index (χ4n) is 1.68. The van der Waals surface area contributed by atoms with Gasteiger partial charge >= 0.3 is 0 Å². The Hall–Kier alpha value is -1.55. The second kappa shape index (κ2) is 6.12. The van der Waals surface area contributed by atoms with Crippen LogP contribution in [0.5, 0.6) is 5.75 Å². The summed E-state index contributed by atoms with van der Waals surface area (Å²) in [6.45, 7) is 2.05. The Balaban J connectivity index is 2.81. The standard InChI is InChI=1S/C12H18N2O2/c1-3-9(8-12(15)14-13)10-5-4-6-11(7-10)16-2/h4-7,9H,3,8,13H2,1-2H3,(H,14,15). The van der Waals surface area contributed by atoms with Crippen LogP contribution in [0.25, 0.3) is 0 Å². The van der Waals surface area contributed by atoms with Gasteiger partial charge in [-0.15, -0.1) is 0 Å². The molecule has 4 nitrogen and oxygen atoms in total. The van der Waals surface area contributed by atoms with Crippen molar-refractivity contribution in [2.24, 2.45) is 5.84 Å². The Morgan fingerprint density at radius 1 is 1.56 bits per heavy atom. The average Bonchev–Trinajstić information content (AvgIpc) is 2.35. The molecule has 0 radical (unpaired) electrons. The molecule has 3 N–H and O–H groups in total. The van der Waals surface area contributed by atoms with Crippen LogP contribution in [0.15, 0.2) is 24.3 Å². The van der Waals surface area contributed by atoms with Gasteiger partial charge in [-0.1, -0.05) is 19.1 Å². The van der Waals surface area contributed by atoms with E-state index in [0.717, 1.165) is 17.7 Å². The van der Waals surface area contributed by atoms with Crippen LogP contribution in [0.1, 0.15) is 31.2 Å². The number of methoxy groups -OCH3 is 1. The molecule has 16 heavy (non-hydrogen) atoms. The molecule has 0 aliphatic heterocycles. The van der Waals surface area contributed by atoms with Crippen molar-refractivity contribution < 1.29 is 9.53 Å². The van der Waals surface area contributed by atoms with Gasteiger partial charge in [0.25, 0.3) is 0 Å². The monoisotopic (exact) mass is 222 g/mol. The Bertz CT molecular complexity index is 353. The third kappa shape index (κ3) is 3.24. The van der Waals surface area contributed by atoms with Crippen molar-refractivity contribution in [2.75, 3.05) is 7.11 Å². The molecule has 4 heteroatoms. The van der Waals surface area contributed by atoms with E-state index < -0.39 is 0 Å². The average molecular weight is 222 g/mol. The summed E-state index contributed by atoms with van der Waals surface area (Å²) < 4.78 is 5.16. The topological polar surface area (TPSA) is 64.4 Å². The first-order chi connectivity index (χ1) is 7.71. The number of amides is 1. The van der Waals surface area contributed by atoms with E-state index in [1.54, 1.807) is 7.11 Å². The van der Waals surface area contributed by atoms with E-state index in [1.807, 2.05) is 31.2 Å². The maximum absolute atomic E-state index is 11.2. The molecule has 0 fully saturated rings. The summed E-state index contributed by atoms with van der Waals surface area (Å²) in [5, 5.41) is 0. The van der Waals surface area contributed by atoms with Crippen LogP contribution in [0, 0.1) is 0 Å². The molecule has 0 aromatic heterocycles. The van der Waals surface area contributed by atoms with E-state index in [1.165, 1.54) is 0 Å². The molecule has 0 heterocycles. The predicted molar refractivity (Wildman–Crippen MR) is 63.0 cm³/mol. The SMILES string of the molecule is CCC(CC(=O)NN)c1cccc(OC)c1. The van der Waals surface area contributed by atoms with Crippen molar-refractivity contribution >= 4 is 5.91 Å². The Morgan fingerprint density at radius 3 is 2.88 bits per heavy atom. The highest BCUT2D eigenvalue weighted by Gasteiger charge is 2.13. The number of nitrogens with two attached hydrogens (primary N) is 1. The minimum atomic E-state index is -0.144. The summed E-state index contributed by atoms with van der Waals surface area (Å²) in [4.78, 5) is 11.2. The number of hydrogen-bond donors (Lipinski definition) is 2. The third-order valence-corrected chi connectivity index (χ3v) is 2.65. The largest absolute Gasteiger partial charge is 0.497 e. The van der Waals surface area contributed by atoms with Gasteiger partial charge in [0.15, 0.2) is 0 Å². The molecule has 1 atom stereocenters. The Kier molecular flexibility index (Phi) is 4.79. The maximum Gasteiger partial charge on any atom is 0.234 e. The van der Waals surface area contributed by atoms with Gasteiger partial charge in [0, 0.05) is 6.42 Å². The molecule has 0 aliphatic rings. The van der Waals surface area contributed by atoms with Crippen LogP contribution < -0.4 is 16.0 Å². The van der Waals surface area contributed by atoms with E-state index in [2.05, 4.69) is 5.43 Å². The second-order valence-electron chi connectivity index (χ2n) is 3.65. The van der Waals surface area contributed by atoms with E-state index in [4.69, 9.17) is 10.6 Å². The Morgan fingerprint density at radius 2 is 2.31 bits per heavy atom. The van der Waals surface area contributed by atoms with Gasteiger partial charge in [-0.2, -0.15) is 0 Å². The number of benzene rings is 1. The predicted octanol–water partition coefficient (Wildman–Crippen LogP) is 1.57. The molecule has 0 aliphatic carbocycles. The lowest BCUT2D eigenvalue weighted by atomic mass is 9.93. The van der Waals surface area contributed by atoms with E-state index in [-0.39, 0.29) is 11.8 Å². The molecule has 0 saturated carbocycles. The summed E-state index contributed by atoms with van der Waals surface area (Å²) >= 11 is 0. The molecule has 0 bridgehead atoms. The van der Waals surface area contributed by atoms with Crippen LogP contribution in [0.4, 0.5) is 0 Å². The molecular formula is C12H18N2O2. The van der Waals surface area contributed by atoms with Gasteiger partial charge in [0.05, 0.1) is 7.11 Å². The molecular weight excluding hydrogens is 204 g/mol. The number of ether oxygens (including phenoxy) is 1. The Labute approximate surface area is 95.8 Å². The maximum atomic E-state index is 11.2. The van der Waals surface area contributed by atoms with E-state index in [9.17, 15) is 4.79 Å². The lowest BCUT2D eigenvalue weighted by molar-refractivity contribution is -0.121. The van der Waals surface area contributed by atoms with Crippen molar-refractivity contribution in [1.29, 1.82) is 0 Å². The van der Waals surface area contributed by atoms with Crippen LogP contribution in [-0.2, 0) is 4.79 Å². The highest BCUT2D eigenvalue weighted by atomic mass is 16.5. The molecule has 88 valence electrons. The molecule has 0 spiro atoms. The molecule has 0 saturated heterocycles. The number of carbonyl (C=O) groups is 1. The first-order valence-electron chi connectivity index (χ1n) is 5.34. The zero-order valence-electron chi connectivity index (χ0n) is 9.69. The summed E-state index contributed by atoms with van der Waals surface area (Å²) in [5.74, 6) is 5.93. The number of hydrogen-bond acceptors (Lipinski definition) is 3. The van der Waals surface area contributed by atoms with Gasteiger partial charge in [-0.3, -0.25) is 10.2 Å². The second-order valence-corrected chi connectivity index (χ2v) is 3.65. The van der Waals surface area contributed by atoms with Crippen molar-refractivity contribution in [3.05, 3.63) is 29.8 Å². The number of rotatable bonds is 5. The number of carbonyl (C=O) groups excluding carboxylic acids is 1. The lowest BCUT2D eigenvalue weighted by Crippen LogP contribution is -2.31. The normalized spacial score (nSPS) is 11.9. The van der Waals surface area contributed by atoms with Gasteiger partial charge in [0.2, 0.25) is 5.91 Å². The quantitative estimate of drug-likeness (QED) is 0.451. The summed E-state index contributed by atoms with van der Waals surface area (Å²) in [6.07, 6.45) is 1.29. The van der Waals surface area contributed by atoms with E-state index >= 15 is 0 Å². The van der Waals surface area contributed by atoms with Gasteiger partial charge in [-0.05, 0) is 30.0 Å². The lowest BCUT2D eigenvalue weighted by Gasteiger charge is -2.15. The molecule has 1 rings (SSSR count).